The fourth-order valence-corrected chi connectivity index (χ4v) is 2.75. The van der Waals surface area contributed by atoms with Crippen molar-refractivity contribution in [3.8, 4) is 0 Å². The van der Waals surface area contributed by atoms with Crippen molar-refractivity contribution in [2.75, 3.05) is 33.2 Å². The molecule has 124 valence electrons. The van der Waals surface area contributed by atoms with Gasteiger partial charge in [0.25, 0.3) is 0 Å². The summed E-state index contributed by atoms with van der Waals surface area (Å²) in [5.74, 6) is 1.23. The van der Waals surface area contributed by atoms with E-state index in [0.717, 1.165) is 32.4 Å². The van der Waals surface area contributed by atoms with Gasteiger partial charge in [0.15, 0.2) is 5.82 Å². The number of aryl methyl sites for hydroxylation is 1. The Kier molecular flexibility index (Phi) is 6.18. The van der Waals surface area contributed by atoms with Gasteiger partial charge in [-0.05, 0) is 39.4 Å². The fourth-order valence-electron chi connectivity index (χ4n) is 2.75. The third-order valence-electron chi connectivity index (χ3n) is 4.06. The van der Waals surface area contributed by atoms with Crippen molar-refractivity contribution < 1.29 is 9.32 Å². The summed E-state index contributed by atoms with van der Waals surface area (Å²) in [4.78, 5) is 20.9. The first kappa shape index (κ1) is 16.7. The molecule has 0 radical (unpaired) electrons. The van der Waals surface area contributed by atoms with E-state index in [1.54, 1.807) is 6.92 Å². The highest BCUT2D eigenvalue weighted by atomic mass is 16.5. The Morgan fingerprint density at radius 2 is 2.18 bits per heavy atom. The first-order valence-electron chi connectivity index (χ1n) is 8.12. The third-order valence-corrected chi connectivity index (χ3v) is 4.06. The van der Waals surface area contributed by atoms with Crippen molar-refractivity contribution in [2.24, 2.45) is 0 Å². The Morgan fingerprint density at radius 3 is 2.77 bits per heavy atom. The van der Waals surface area contributed by atoms with Crippen LogP contribution in [0.4, 0.5) is 4.79 Å². The second kappa shape index (κ2) is 8.12. The van der Waals surface area contributed by atoms with Crippen LogP contribution < -0.4 is 5.32 Å². The van der Waals surface area contributed by atoms with E-state index in [-0.39, 0.29) is 6.03 Å². The highest BCUT2D eigenvalue weighted by Crippen LogP contribution is 2.16. The van der Waals surface area contributed by atoms with Crippen LogP contribution in [0.15, 0.2) is 4.52 Å². The molecule has 2 amide bonds. The zero-order valence-corrected chi connectivity index (χ0v) is 13.8. The monoisotopic (exact) mass is 309 g/mol. The minimum atomic E-state index is 0.0246. The highest BCUT2D eigenvalue weighted by Gasteiger charge is 2.26. The van der Waals surface area contributed by atoms with Gasteiger partial charge in [0.1, 0.15) is 0 Å². The van der Waals surface area contributed by atoms with Crippen molar-refractivity contribution >= 4 is 6.03 Å². The van der Waals surface area contributed by atoms with Crippen molar-refractivity contribution in [2.45, 2.75) is 45.6 Å². The van der Waals surface area contributed by atoms with Crippen molar-refractivity contribution in [1.29, 1.82) is 0 Å². The van der Waals surface area contributed by atoms with Gasteiger partial charge in [-0.2, -0.15) is 4.98 Å². The number of hydrogen-bond acceptors (Lipinski definition) is 5. The SMILES string of the molecule is CCCNC(=O)N(CCc1noc(C)n1)C1CCN(C)CC1. The van der Waals surface area contributed by atoms with Crippen molar-refractivity contribution in [1.82, 2.24) is 25.3 Å². The molecule has 1 aliphatic heterocycles. The van der Waals surface area contributed by atoms with Gasteiger partial charge >= 0.3 is 6.03 Å². The van der Waals surface area contributed by atoms with Crippen LogP contribution in [0.1, 0.15) is 37.9 Å². The molecule has 0 aliphatic carbocycles. The first-order chi connectivity index (χ1) is 10.6. The molecule has 22 heavy (non-hydrogen) atoms. The van der Waals surface area contributed by atoms with Gasteiger partial charge in [-0.25, -0.2) is 4.79 Å². The van der Waals surface area contributed by atoms with Crippen LogP contribution in [-0.2, 0) is 6.42 Å². The van der Waals surface area contributed by atoms with Crippen molar-refractivity contribution in [3.05, 3.63) is 11.7 Å². The Balaban J connectivity index is 1.95. The summed E-state index contributed by atoms with van der Waals surface area (Å²) in [7, 11) is 2.12. The molecule has 0 spiro atoms. The van der Waals surface area contributed by atoms with Crippen LogP contribution in [0, 0.1) is 6.92 Å². The van der Waals surface area contributed by atoms with Crippen LogP contribution in [0.25, 0.3) is 0 Å². The van der Waals surface area contributed by atoms with Crippen LogP contribution in [-0.4, -0.2) is 65.2 Å². The number of amides is 2. The average Bonchev–Trinajstić information content (AvgIpc) is 2.92. The molecule has 1 N–H and O–H groups in total. The highest BCUT2D eigenvalue weighted by molar-refractivity contribution is 5.74. The summed E-state index contributed by atoms with van der Waals surface area (Å²) >= 11 is 0. The van der Waals surface area contributed by atoms with E-state index in [2.05, 4.69) is 34.3 Å². The van der Waals surface area contributed by atoms with E-state index >= 15 is 0 Å². The minimum Gasteiger partial charge on any atom is -0.340 e. The Bertz CT molecular complexity index is 468. The lowest BCUT2D eigenvalue weighted by atomic mass is 10.0. The topological polar surface area (TPSA) is 74.5 Å². The molecule has 0 bridgehead atoms. The van der Waals surface area contributed by atoms with Crippen molar-refractivity contribution in [3.63, 3.8) is 0 Å². The maximum absolute atomic E-state index is 12.4. The molecule has 2 heterocycles. The lowest BCUT2D eigenvalue weighted by Gasteiger charge is -2.37. The summed E-state index contributed by atoms with van der Waals surface area (Å²) < 4.78 is 4.99. The smallest absolute Gasteiger partial charge is 0.317 e. The van der Waals surface area contributed by atoms with E-state index in [4.69, 9.17) is 4.52 Å². The lowest BCUT2D eigenvalue weighted by molar-refractivity contribution is 0.131. The molecule has 1 aromatic rings. The summed E-state index contributed by atoms with van der Waals surface area (Å²) in [5.41, 5.74) is 0. The van der Waals surface area contributed by atoms with Gasteiger partial charge in [0.05, 0.1) is 0 Å². The molecule has 7 heteroatoms. The molecular formula is C15H27N5O2. The van der Waals surface area contributed by atoms with E-state index in [1.807, 2.05) is 4.90 Å². The van der Waals surface area contributed by atoms with E-state index in [1.165, 1.54) is 0 Å². The third kappa shape index (κ3) is 4.69. The number of carbonyl (C=O) groups is 1. The molecule has 1 aromatic heterocycles. The second-order valence-corrected chi connectivity index (χ2v) is 5.94. The van der Waals surface area contributed by atoms with Gasteiger partial charge in [-0.15, -0.1) is 0 Å². The Labute approximate surface area is 132 Å². The number of urea groups is 1. The molecule has 0 saturated carbocycles. The molecule has 1 fully saturated rings. The first-order valence-corrected chi connectivity index (χ1v) is 8.12. The second-order valence-electron chi connectivity index (χ2n) is 5.94. The number of rotatable bonds is 6. The average molecular weight is 309 g/mol. The molecule has 7 nitrogen and oxygen atoms in total. The van der Waals surface area contributed by atoms with E-state index in [0.29, 0.717) is 37.3 Å². The van der Waals surface area contributed by atoms with Crippen LogP contribution in [0.3, 0.4) is 0 Å². The van der Waals surface area contributed by atoms with E-state index in [9.17, 15) is 4.79 Å². The van der Waals surface area contributed by atoms with Crippen LogP contribution in [0.2, 0.25) is 0 Å². The molecule has 0 aromatic carbocycles. The number of nitrogens with zero attached hydrogens (tertiary/aromatic N) is 4. The van der Waals surface area contributed by atoms with E-state index < -0.39 is 0 Å². The molecule has 1 aliphatic rings. The largest absolute Gasteiger partial charge is 0.340 e. The molecular weight excluding hydrogens is 282 g/mol. The number of carbonyl (C=O) groups excluding carboxylic acids is 1. The number of nitrogens with one attached hydrogen (secondary N) is 1. The summed E-state index contributed by atoms with van der Waals surface area (Å²) in [6.45, 7) is 7.24. The van der Waals surface area contributed by atoms with Gasteiger partial charge in [0.2, 0.25) is 5.89 Å². The molecule has 0 atom stereocenters. The molecule has 0 unspecified atom stereocenters. The lowest BCUT2D eigenvalue weighted by Crippen LogP contribution is -2.51. The molecule has 1 saturated heterocycles. The summed E-state index contributed by atoms with van der Waals surface area (Å²) in [5, 5.41) is 6.91. The van der Waals surface area contributed by atoms with Crippen LogP contribution in [0.5, 0.6) is 0 Å². The number of piperidine rings is 1. The minimum absolute atomic E-state index is 0.0246. The van der Waals surface area contributed by atoms with Gasteiger partial charge < -0.3 is 19.6 Å². The zero-order chi connectivity index (χ0) is 15.9. The quantitative estimate of drug-likeness (QED) is 0.860. The van der Waals surface area contributed by atoms with Gasteiger partial charge in [-0.3, -0.25) is 0 Å². The number of hydrogen-bond donors (Lipinski definition) is 1. The Morgan fingerprint density at radius 1 is 1.45 bits per heavy atom. The molecule has 2 rings (SSSR count). The fraction of sp³-hybridized carbons (Fsp3) is 0.800. The predicted molar refractivity (Wildman–Crippen MR) is 83.7 cm³/mol. The summed E-state index contributed by atoms with van der Waals surface area (Å²) in [6.07, 6.45) is 3.60. The number of likely N-dealkylation sites (tertiary alicyclic amines) is 1. The van der Waals surface area contributed by atoms with Gasteiger partial charge in [0, 0.05) is 32.5 Å². The maximum atomic E-state index is 12.4. The maximum Gasteiger partial charge on any atom is 0.317 e. The van der Waals surface area contributed by atoms with Gasteiger partial charge in [-0.1, -0.05) is 12.1 Å². The normalized spacial score (nSPS) is 16.7. The Hall–Kier alpha value is -1.63. The number of aromatic nitrogens is 2. The standard InChI is InChI=1S/C15H27N5O2/c1-4-8-16-15(21)20(13-5-9-19(3)10-6-13)11-7-14-17-12(2)22-18-14/h13H,4-11H2,1-3H3,(H,16,21). The predicted octanol–water partition coefficient (Wildman–Crippen LogP) is 1.44. The summed E-state index contributed by atoms with van der Waals surface area (Å²) in [6, 6.07) is 0.317. The van der Waals surface area contributed by atoms with Crippen LogP contribution >= 0.6 is 0 Å². The zero-order valence-electron chi connectivity index (χ0n) is 13.8.